The Bertz CT molecular complexity index is 561. The Balaban J connectivity index is 0.00000161. The van der Waals surface area contributed by atoms with Gasteiger partial charge < -0.3 is 10.6 Å². The first-order valence-electron chi connectivity index (χ1n) is 7.22. The van der Waals surface area contributed by atoms with Gasteiger partial charge in [-0.05, 0) is 37.7 Å². The molecule has 3 unspecified atom stereocenters. The van der Waals surface area contributed by atoms with Gasteiger partial charge in [-0.2, -0.15) is 0 Å². The zero-order valence-electron chi connectivity index (χ0n) is 12.1. The summed E-state index contributed by atoms with van der Waals surface area (Å²) in [5, 5.41) is 0. The van der Waals surface area contributed by atoms with Crippen molar-refractivity contribution in [3.63, 3.8) is 0 Å². The second-order valence-electron chi connectivity index (χ2n) is 5.98. The number of fused-ring (bicyclic) bond motifs is 1. The van der Waals surface area contributed by atoms with Crippen LogP contribution in [0.25, 0.3) is 0 Å². The van der Waals surface area contributed by atoms with Gasteiger partial charge in [0.25, 0.3) is 5.91 Å². The molecule has 3 rings (SSSR count). The van der Waals surface area contributed by atoms with E-state index in [9.17, 15) is 9.59 Å². The molecule has 1 heterocycles. The fourth-order valence-corrected chi connectivity index (χ4v) is 3.62. The van der Waals surface area contributed by atoms with Gasteiger partial charge in [0, 0.05) is 24.7 Å². The maximum absolute atomic E-state index is 12.6. The van der Waals surface area contributed by atoms with Gasteiger partial charge in [0.15, 0.2) is 5.78 Å². The number of halogens is 1. The molecule has 1 aromatic rings. The molecule has 2 fully saturated rings. The molecular weight excluding hydrogens is 288 g/mol. The largest absolute Gasteiger partial charge is 0.338 e. The summed E-state index contributed by atoms with van der Waals surface area (Å²) in [6.45, 7) is 3.01. The second kappa shape index (κ2) is 6.16. The standard InChI is InChI=1S/C16H20N2O2.ClH/c1-10(19)12-4-2-3-5-13(12)16(20)18-8-11-6-7-15(17)14(11)9-18;/h2-5,11,14-15H,6-9,17H2,1H3;1H. The van der Waals surface area contributed by atoms with E-state index < -0.39 is 0 Å². The van der Waals surface area contributed by atoms with Gasteiger partial charge in [-0.1, -0.05) is 18.2 Å². The maximum Gasteiger partial charge on any atom is 0.254 e. The van der Waals surface area contributed by atoms with Crippen molar-refractivity contribution in [1.29, 1.82) is 0 Å². The molecule has 0 bridgehead atoms. The monoisotopic (exact) mass is 308 g/mol. The average molecular weight is 309 g/mol. The number of amides is 1. The lowest BCUT2D eigenvalue weighted by Crippen LogP contribution is -2.34. The van der Waals surface area contributed by atoms with Gasteiger partial charge in [-0.3, -0.25) is 9.59 Å². The molecule has 3 atom stereocenters. The predicted molar refractivity (Wildman–Crippen MR) is 83.8 cm³/mol. The summed E-state index contributed by atoms with van der Waals surface area (Å²) in [5.74, 6) is 0.879. The van der Waals surface area contributed by atoms with E-state index in [4.69, 9.17) is 5.73 Å². The number of nitrogens with zero attached hydrogens (tertiary/aromatic N) is 1. The molecular formula is C16H21ClN2O2. The molecule has 1 amide bonds. The van der Waals surface area contributed by atoms with Crippen LogP contribution in [0.3, 0.4) is 0 Å². The topological polar surface area (TPSA) is 63.4 Å². The lowest BCUT2D eigenvalue weighted by atomic mass is 9.98. The molecule has 5 heteroatoms. The third-order valence-corrected chi connectivity index (χ3v) is 4.74. The number of hydrogen-bond acceptors (Lipinski definition) is 3. The second-order valence-corrected chi connectivity index (χ2v) is 5.98. The van der Waals surface area contributed by atoms with E-state index >= 15 is 0 Å². The third kappa shape index (κ3) is 2.83. The predicted octanol–water partition coefficient (Wildman–Crippen LogP) is 2.12. The average Bonchev–Trinajstić information content (AvgIpc) is 3.00. The smallest absolute Gasteiger partial charge is 0.254 e. The zero-order valence-corrected chi connectivity index (χ0v) is 12.9. The van der Waals surface area contributed by atoms with Gasteiger partial charge in [-0.15, -0.1) is 12.4 Å². The number of Topliss-reactive ketones (excluding diaryl/α,β-unsaturated/α-hetero) is 1. The Kier molecular flexibility index (Phi) is 4.69. The SMILES string of the molecule is CC(=O)c1ccccc1C(=O)N1CC2CCC(N)C2C1.Cl. The molecule has 1 aliphatic heterocycles. The minimum atomic E-state index is -0.0648. The Labute approximate surface area is 131 Å². The van der Waals surface area contributed by atoms with Crippen molar-refractivity contribution in [2.75, 3.05) is 13.1 Å². The van der Waals surface area contributed by atoms with Crippen LogP contribution in [0.15, 0.2) is 24.3 Å². The highest BCUT2D eigenvalue weighted by Gasteiger charge is 2.42. The van der Waals surface area contributed by atoms with E-state index in [1.54, 1.807) is 18.2 Å². The van der Waals surface area contributed by atoms with Crippen LogP contribution in [0.1, 0.15) is 40.5 Å². The Morgan fingerprint density at radius 3 is 2.43 bits per heavy atom. The number of hydrogen-bond donors (Lipinski definition) is 1. The molecule has 0 aromatic heterocycles. The number of rotatable bonds is 2. The Hall–Kier alpha value is -1.39. The van der Waals surface area contributed by atoms with E-state index in [-0.39, 0.29) is 30.1 Å². The van der Waals surface area contributed by atoms with Crippen LogP contribution in [0.2, 0.25) is 0 Å². The summed E-state index contributed by atoms with van der Waals surface area (Å²) in [6.07, 6.45) is 2.19. The van der Waals surface area contributed by atoms with Gasteiger partial charge in [-0.25, -0.2) is 0 Å². The van der Waals surface area contributed by atoms with Gasteiger partial charge >= 0.3 is 0 Å². The normalized spacial score (nSPS) is 27.1. The van der Waals surface area contributed by atoms with Crippen molar-refractivity contribution in [2.45, 2.75) is 25.8 Å². The van der Waals surface area contributed by atoms with E-state index in [0.717, 1.165) is 25.9 Å². The van der Waals surface area contributed by atoms with Gasteiger partial charge in [0.1, 0.15) is 0 Å². The number of nitrogens with two attached hydrogens (primary N) is 1. The van der Waals surface area contributed by atoms with Crippen molar-refractivity contribution in [1.82, 2.24) is 4.90 Å². The first-order chi connectivity index (χ1) is 9.58. The summed E-state index contributed by atoms with van der Waals surface area (Å²) in [4.78, 5) is 26.2. The fourth-order valence-electron chi connectivity index (χ4n) is 3.62. The summed E-state index contributed by atoms with van der Waals surface area (Å²) in [7, 11) is 0. The summed E-state index contributed by atoms with van der Waals surface area (Å²) in [6, 6.07) is 7.29. The van der Waals surface area contributed by atoms with Crippen molar-refractivity contribution in [3.8, 4) is 0 Å². The van der Waals surface area contributed by atoms with Gasteiger partial charge in [0.05, 0.1) is 5.56 Å². The Morgan fingerprint density at radius 2 is 1.81 bits per heavy atom. The van der Waals surface area contributed by atoms with Crippen LogP contribution < -0.4 is 5.73 Å². The van der Waals surface area contributed by atoms with Crippen molar-refractivity contribution >= 4 is 24.1 Å². The maximum atomic E-state index is 12.6. The molecule has 2 aliphatic rings. The number of carbonyl (C=O) groups excluding carboxylic acids is 2. The van der Waals surface area contributed by atoms with Crippen LogP contribution >= 0.6 is 12.4 Å². The molecule has 2 N–H and O–H groups in total. The lowest BCUT2D eigenvalue weighted by molar-refractivity contribution is 0.0774. The van der Waals surface area contributed by atoms with Crippen molar-refractivity contribution in [2.24, 2.45) is 17.6 Å². The zero-order chi connectivity index (χ0) is 14.3. The number of likely N-dealkylation sites (tertiary alicyclic amines) is 1. The number of carbonyl (C=O) groups is 2. The molecule has 1 aromatic carbocycles. The minimum Gasteiger partial charge on any atom is -0.338 e. The minimum absolute atomic E-state index is 0. The number of benzene rings is 1. The fraction of sp³-hybridized carbons (Fsp3) is 0.500. The van der Waals surface area contributed by atoms with E-state index in [2.05, 4.69) is 0 Å². The van der Waals surface area contributed by atoms with Crippen molar-refractivity contribution in [3.05, 3.63) is 35.4 Å². The highest BCUT2D eigenvalue weighted by Crippen LogP contribution is 2.37. The first kappa shape index (κ1) is 16.0. The summed E-state index contributed by atoms with van der Waals surface area (Å²) in [5.41, 5.74) is 7.14. The Morgan fingerprint density at radius 1 is 1.14 bits per heavy atom. The summed E-state index contributed by atoms with van der Waals surface area (Å²) < 4.78 is 0. The van der Waals surface area contributed by atoms with Crippen LogP contribution in [0.5, 0.6) is 0 Å². The lowest BCUT2D eigenvalue weighted by Gasteiger charge is -2.20. The van der Waals surface area contributed by atoms with Crippen molar-refractivity contribution < 1.29 is 9.59 Å². The first-order valence-corrected chi connectivity index (χ1v) is 7.22. The van der Waals surface area contributed by atoms with Crippen LogP contribution in [0.4, 0.5) is 0 Å². The molecule has 1 saturated carbocycles. The van der Waals surface area contributed by atoms with Crippen LogP contribution in [-0.2, 0) is 0 Å². The van der Waals surface area contributed by atoms with E-state index in [1.165, 1.54) is 6.92 Å². The third-order valence-electron chi connectivity index (χ3n) is 4.74. The summed E-state index contributed by atoms with van der Waals surface area (Å²) >= 11 is 0. The quantitative estimate of drug-likeness (QED) is 0.851. The van der Waals surface area contributed by atoms with Crippen LogP contribution in [0, 0.1) is 11.8 Å². The molecule has 0 spiro atoms. The van der Waals surface area contributed by atoms with Crippen LogP contribution in [-0.4, -0.2) is 35.7 Å². The number of ketones is 1. The highest BCUT2D eigenvalue weighted by molar-refractivity contribution is 6.07. The van der Waals surface area contributed by atoms with Gasteiger partial charge in [0.2, 0.25) is 0 Å². The molecule has 4 nitrogen and oxygen atoms in total. The highest BCUT2D eigenvalue weighted by atomic mass is 35.5. The van der Waals surface area contributed by atoms with E-state index in [0.29, 0.717) is 23.0 Å². The molecule has 1 saturated heterocycles. The molecule has 21 heavy (non-hydrogen) atoms. The molecule has 114 valence electrons. The molecule has 1 aliphatic carbocycles. The molecule has 0 radical (unpaired) electrons. The van der Waals surface area contributed by atoms with E-state index in [1.807, 2.05) is 11.0 Å².